The second-order valence-corrected chi connectivity index (χ2v) is 9.95. The van der Waals surface area contributed by atoms with Crippen LogP contribution in [0.15, 0.2) is 51.9 Å². The highest BCUT2D eigenvalue weighted by Crippen LogP contribution is 2.33. The number of fused-ring (bicyclic) bond motifs is 1. The third-order valence-electron chi connectivity index (χ3n) is 6.70. The smallest absolute Gasteiger partial charge is 0.252 e. The third kappa shape index (κ3) is 4.68. The van der Waals surface area contributed by atoms with Gasteiger partial charge in [-0.05, 0) is 72.7 Å². The van der Waals surface area contributed by atoms with E-state index in [2.05, 4.69) is 60.0 Å². The van der Waals surface area contributed by atoms with Crippen LogP contribution >= 0.6 is 0 Å². The van der Waals surface area contributed by atoms with Crippen LogP contribution in [0.5, 0.6) is 0 Å². The molecule has 1 atom stereocenters. The molecule has 34 heavy (non-hydrogen) atoms. The molecule has 1 aromatic carbocycles. The van der Waals surface area contributed by atoms with E-state index >= 15 is 0 Å². The fourth-order valence-corrected chi connectivity index (χ4v) is 4.46. The van der Waals surface area contributed by atoms with Gasteiger partial charge in [-0.1, -0.05) is 39.0 Å². The average molecular weight is 463 g/mol. The molecule has 0 aliphatic carbocycles. The summed E-state index contributed by atoms with van der Waals surface area (Å²) in [5.41, 5.74) is 2.31. The predicted molar refractivity (Wildman–Crippen MR) is 132 cm³/mol. The van der Waals surface area contributed by atoms with Gasteiger partial charge < -0.3 is 9.40 Å². The van der Waals surface area contributed by atoms with E-state index in [1.165, 1.54) is 0 Å². The Hall–Kier alpha value is -3.26. The van der Waals surface area contributed by atoms with Crippen LogP contribution in [0, 0.1) is 12.8 Å². The molecule has 0 bridgehead atoms. The molecule has 4 aromatic rings. The molecule has 0 aliphatic rings. The van der Waals surface area contributed by atoms with Crippen molar-refractivity contribution in [1.29, 1.82) is 0 Å². The summed E-state index contributed by atoms with van der Waals surface area (Å²) in [4.78, 5) is 18.5. The Morgan fingerprint density at radius 3 is 2.65 bits per heavy atom. The topological polar surface area (TPSA) is 92.8 Å². The fraction of sp³-hybridized carbons (Fsp3) is 0.462. The van der Waals surface area contributed by atoms with Gasteiger partial charge in [0.1, 0.15) is 5.76 Å². The number of benzene rings is 1. The third-order valence-corrected chi connectivity index (χ3v) is 6.70. The Labute approximate surface area is 200 Å². The van der Waals surface area contributed by atoms with Crippen LogP contribution in [0.4, 0.5) is 0 Å². The van der Waals surface area contributed by atoms with E-state index in [0.29, 0.717) is 18.7 Å². The largest absolute Gasteiger partial charge is 0.468 e. The van der Waals surface area contributed by atoms with E-state index in [9.17, 15) is 4.79 Å². The first-order valence-corrected chi connectivity index (χ1v) is 11.9. The van der Waals surface area contributed by atoms with E-state index in [0.717, 1.165) is 34.5 Å². The molecule has 0 saturated carbocycles. The maximum atomic E-state index is 13.1. The standard InChI is InChI=1S/C26H34N6O2/c1-7-26(5,6)32-24(28-29-30-32)23(17(2)3)31(16-21-12-9-13-34-21)15-20-14-19-11-8-10-18(4)22(19)27-25(20)33/h8-14,17,23H,7,15-16H2,1-6H3,(H,27,33). The van der Waals surface area contributed by atoms with E-state index in [1.54, 1.807) is 6.26 Å². The van der Waals surface area contributed by atoms with Crippen LogP contribution < -0.4 is 5.56 Å². The summed E-state index contributed by atoms with van der Waals surface area (Å²) in [7, 11) is 0. The minimum Gasteiger partial charge on any atom is -0.468 e. The quantitative estimate of drug-likeness (QED) is 0.378. The molecule has 0 spiro atoms. The number of furan rings is 1. The lowest BCUT2D eigenvalue weighted by Gasteiger charge is -2.35. The number of aromatic amines is 1. The van der Waals surface area contributed by atoms with Crippen molar-refractivity contribution < 1.29 is 4.42 Å². The Morgan fingerprint density at radius 1 is 1.18 bits per heavy atom. The number of hydrogen-bond donors (Lipinski definition) is 1. The average Bonchev–Trinajstić information content (AvgIpc) is 3.48. The number of H-pyrrole nitrogens is 1. The van der Waals surface area contributed by atoms with Crippen molar-refractivity contribution in [3.8, 4) is 0 Å². The van der Waals surface area contributed by atoms with E-state index in [4.69, 9.17) is 4.42 Å². The van der Waals surface area contributed by atoms with Gasteiger partial charge in [0.2, 0.25) is 0 Å². The number of para-hydroxylation sites is 1. The molecule has 3 aromatic heterocycles. The van der Waals surface area contributed by atoms with Gasteiger partial charge in [0.05, 0.1) is 29.9 Å². The van der Waals surface area contributed by atoms with Gasteiger partial charge in [0.15, 0.2) is 5.82 Å². The predicted octanol–water partition coefficient (Wildman–Crippen LogP) is 4.96. The molecule has 0 amide bonds. The first-order valence-electron chi connectivity index (χ1n) is 11.9. The minimum absolute atomic E-state index is 0.0813. The Kier molecular flexibility index (Phi) is 6.70. The molecule has 4 rings (SSSR count). The van der Waals surface area contributed by atoms with E-state index in [1.807, 2.05) is 48.0 Å². The van der Waals surface area contributed by atoms with E-state index in [-0.39, 0.29) is 23.1 Å². The first-order chi connectivity index (χ1) is 16.2. The summed E-state index contributed by atoms with van der Waals surface area (Å²) in [6.07, 6.45) is 2.56. The van der Waals surface area contributed by atoms with Gasteiger partial charge >= 0.3 is 0 Å². The van der Waals surface area contributed by atoms with Crippen molar-refractivity contribution in [2.45, 2.75) is 72.6 Å². The zero-order valence-corrected chi connectivity index (χ0v) is 20.9. The number of nitrogens with one attached hydrogen (secondary N) is 1. The number of aryl methyl sites for hydroxylation is 1. The Bertz CT molecular complexity index is 1300. The molecule has 3 heterocycles. The van der Waals surface area contributed by atoms with Crippen LogP contribution in [0.25, 0.3) is 10.9 Å². The molecular weight excluding hydrogens is 428 g/mol. The zero-order chi connectivity index (χ0) is 24.5. The summed E-state index contributed by atoms with van der Waals surface area (Å²) in [6, 6.07) is 11.8. The number of rotatable bonds is 9. The highest BCUT2D eigenvalue weighted by atomic mass is 16.3. The summed E-state index contributed by atoms with van der Waals surface area (Å²) in [6.45, 7) is 13.7. The maximum Gasteiger partial charge on any atom is 0.252 e. The second kappa shape index (κ2) is 9.54. The van der Waals surface area contributed by atoms with Crippen molar-refractivity contribution in [2.24, 2.45) is 5.92 Å². The highest BCUT2D eigenvalue weighted by Gasteiger charge is 2.34. The number of hydrogen-bond acceptors (Lipinski definition) is 6. The molecule has 1 N–H and O–H groups in total. The highest BCUT2D eigenvalue weighted by molar-refractivity contribution is 5.81. The molecule has 0 saturated heterocycles. The molecule has 8 heteroatoms. The number of aromatic nitrogens is 5. The first kappa shape index (κ1) is 23.9. The summed E-state index contributed by atoms with van der Waals surface area (Å²) >= 11 is 0. The molecule has 0 aliphatic heterocycles. The Morgan fingerprint density at radius 2 is 1.97 bits per heavy atom. The van der Waals surface area contributed by atoms with Crippen LogP contribution in [0.2, 0.25) is 0 Å². The van der Waals surface area contributed by atoms with Gasteiger partial charge in [0.25, 0.3) is 5.56 Å². The van der Waals surface area contributed by atoms with Crippen molar-refractivity contribution in [3.05, 3.63) is 75.7 Å². The number of nitrogens with zero attached hydrogens (tertiary/aromatic N) is 5. The Balaban J connectivity index is 1.80. The molecular formula is C26H34N6O2. The van der Waals surface area contributed by atoms with Crippen LogP contribution in [0.1, 0.15) is 69.8 Å². The maximum absolute atomic E-state index is 13.1. The van der Waals surface area contributed by atoms with Crippen LogP contribution in [-0.4, -0.2) is 30.1 Å². The SMILES string of the molecule is CCC(C)(C)n1nnnc1C(C(C)C)N(Cc1ccco1)Cc1cc2cccc(C)c2[nH]c1=O. The van der Waals surface area contributed by atoms with Crippen molar-refractivity contribution in [3.63, 3.8) is 0 Å². The molecule has 180 valence electrons. The van der Waals surface area contributed by atoms with Gasteiger partial charge in [-0.2, -0.15) is 0 Å². The van der Waals surface area contributed by atoms with E-state index < -0.39 is 0 Å². The molecule has 0 fully saturated rings. The summed E-state index contributed by atoms with van der Waals surface area (Å²) in [5, 5.41) is 13.9. The zero-order valence-electron chi connectivity index (χ0n) is 20.9. The lowest BCUT2D eigenvalue weighted by molar-refractivity contribution is 0.109. The van der Waals surface area contributed by atoms with Gasteiger partial charge in [-0.25, -0.2) is 4.68 Å². The van der Waals surface area contributed by atoms with Crippen LogP contribution in [0.3, 0.4) is 0 Å². The second-order valence-electron chi connectivity index (χ2n) is 9.95. The van der Waals surface area contributed by atoms with Gasteiger partial charge in [0, 0.05) is 12.1 Å². The summed E-state index contributed by atoms with van der Waals surface area (Å²) in [5.74, 6) is 1.81. The van der Waals surface area contributed by atoms with Crippen molar-refractivity contribution >= 4 is 10.9 Å². The summed E-state index contributed by atoms with van der Waals surface area (Å²) < 4.78 is 7.63. The van der Waals surface area contributed by atoms with Gasteiger partial charge in [-0.3, -0.25) is 9.69 Å². The molecule has 8 nitrogen and oxygen atoms in total. The molecule has 1 unspecified atom stereocenters. The number of tetrazole rings is 1. The number of pyridine rings is 1. The van der Waals surface area contributed by atoms with Crippen LogP contribution in [-0.2, 0) is 18.6 Å². The minimum atomic E-state index is -0.236. The molecule has 0 radical (unpaired) electrons. The monoisotopic (exact) mass is 462 g/mol. The van der Waals surface area contributed by atoms with Crippen molar-refractivity contribution in [2.75, 3.05) is 0 Å². The van der Waals surface area contributed by atoms with Gasteiger partial charge in [-0.15, -0.1) is 5.10 Å². The normalized spacial score (nSPS) is 13.3. The lowest BCUT2D eigenvalue weighted by atomic mass is 9.97. The van der Waals surface area contributed by atoms with Crippen molar-refractivity contribution in [1.82, 2.24) is 30.1 Å². The lowest BCUT2D eigenvalue weighted by Crippen LogP contribution is -2.38. The fourth-order valence-electron chi connectivity index (χ4n) is 4.46.